The van der Waals surface area contributed by atoms with Gasteiger partial charge >= 0.3 is 0 Å². The number of aryl methyl sites for hydroxylation is 2. The van der Waals surface area contributed by atoms with Crippen molar-refractivity contribution in [1.29, 1.82) is 0 Å². The fraction of sp³-hybridized carbons (Fsp3) is 0.333. The number of nitrogens with one attached hydrogen (secondary N) is 1. The number of hydrogen-bond acceptors (Lipinski definition) is 4. The SMILES string of the molecule is Cc1cc(C=Nc2sc3c(c2C(=O)Nc2ccc(Cl)cc2)CCCC3)ccc1N1CCCC1. The average molecular weight is 478 g/mol. The lowest BCUT2D eigenvalue weighted by Gasteiger charge is -2.20. The van der Waals surface area contributed by atoms with E-state index in [1.807, 2.05) is 18.3 Å². The predicted molar refractivity (Wildman–Crippen MR) is 140 cm³/mol. The van der Waals surface area contributed by atoms with Gasteiger partial charge in [0.2, 0.25) is 0 Å². The Morgan fingerprint density at radius 1 is 1.06 bits per heavy atom. The quantitative estimate of drug-likeness (QED) is 0.395. The highest BCUT2D eigenvalue weighted by atomic mass is 35.5. The van der Waals surface area contributed by atoms with Crippen LogP contribution in [0.3, 0.4) is 0 Å². The number of thiophene rings is 1. The molecule has 1 saturated heterocycles. The van der Waals surface area contributed by atoms with Gasteiger partial charge < -0.3 is 10.2 Å². The molecule has 1 aromatic heterocycles. The van der Waals surface area contributed by atoms with Crippen LogP contribution in [0.25, 0.3) is 0 Å². The number of carbonyl (C=O) groups excluding carboxylic acids is 1. The molecule has 2 heterocycles. The maximum Gasteiger partial charge on any atom is 0.259 e. The van der Waals surface area contributed by atoms with Gasteiger partial charge in [-0.1, -0.05) is 17.7 Å². The molecule has 0 spiro atoms. The molecule has 4 nitrogen and oxygen atoms in total. The minimum atomic E-state index is -0.0931. The summed E-state index contributed by atoms with van der Waals surface area (Å²) in [5, 5.41) is 4.49. The number of benzene rings is 2. The summed E-state index contributed by atoms with van der Waals surface area (Å²) in [6.07, 6.45) is 8.70. The molecule has 0 atom stereocenters. The summed E-state index contributed by atoms with van der Waals surface area (Å²) in [5.41, 5.74) is 6.29. The van der Waals surface area contributed by atoms with E-state index >= 15 is 0 Å². The van der Waals surface area contributed by atoms with Crippen molar-refractivity contribution < 1.29 is 4.79 Å². The Bertz CT molecular complexity index is 1190. The minimum absolute atomic E-state index is 0.0931. The second-order valence-electron chi connectivity index (χ2n) is 8.85. The molecule has 1 amide bonds. The second-order valence-corrected chi connectivity index (χ2v) is 10.4. The minimum Gasteiger partial charge on any atom is -0.371 e. The third-order valence-electron chi connectivity index (χ3n) is 6.48. The zero-order valence-corrected chi connectivity index (χ0v) is 20.4. The largest absolute Gasteiger partial charge is 0.371 e. The first-order valence-electron chi connectivity index (χ1n) is 11.7. The molecular formula is C27H28ClN3OS. The summed E-state index contributed by atoms with van der Waals surface area (Å²) in [6, 6.07) is 13.7. The van der Waals surface area contributed by atoms with Crippen LogP contribution in [-0.2, 0) is 12.8 Å². The highest BCUT2D eigenvalue weighted by molar-refractivity contribution is 7.16. The number of amides is 1. The molecule has 3 aromatic rings. The van der Waals surface area contributed by atoms with E-state index in [1.165, 1.54) is 41.0 Å². The molecule has 5 rings (SSSR count). The Hall–Kier alpha value is -2.63. The third-order valence-corrected chi connectivity index (χ3v) is 7.93. The van der Waals surface area contributed by atoms with E-state index in [0.717, 1.165) is 54.2 Å². The highest BCUT2D eigenvalue weighted by Crippen LogP contribution is 2.40. The molecule has 2 aromatic carbocycles. The molecule has 33 heavy (non-hydrogen) atoms. The molecule has 0 saturated carbocycles. The fourth-order valence-electron chi connectivity index (χ4n) is 4.81. The molecule has 0 bridgehead atoms. The number of anilines is 2. The second kappa shape index (κ2) is 9.70. The zero-order valence-electron chi connectivity index (χ0n) is 18.9. The van der Waals surface area contributed by atoms with Gasteiger partial charge in [-0.25, -0.2) is 4.99 Å². The van der Waals surface area contributed by atoms with Crippen molar-refractivity contribution in [2.24, 2.45) is 4.99 Å². The summed E-state index contributed by atoms with van der Waals surface area (Å²) >= 11 is 7.65. The molecule has 2 aliphatic rings. The number of hydrogen-bond donors (Lipinski definition) is 1. The summed E-state index contributed by atoms with van der Waals surface area (Å²) in [5.74, 6) is -0.0931. The number of carbonyl (C=O) groups is 1. The molecule has 6 heteroatoms. The van der Waals surface area contributed by atoms with Crippen LogP contribution in [0.2, 0.25) is 5.02 Å². The van der Waals surface area contributed by atoms with Gasteiger partial charge in [0.25, 0.3) is 5.91 Å². The lowest BCUT2D eigenvalue weighted by molar-refractivity contribution is 0.102. The molecule has 1 aliphatic heterocycles. The first-order valence-corrected chi connectivity index (χ1v) is 12.9. The van der Waals surface area contributed by atoms with E-state index in [9.17, 15) is 4.79 Å². The van der Waals surface area contributed by atoms with E-state index in [-0.39, 0.29) is 5.91 Å². The fourth-order valence-corrected chi connectivity index (χ4v) is 6.16. The van der Waals surface area contributed by atoms with Gasteiger partial charge in [-0.05, 0) is 98.5 Å². The van der Waals surface area contributed by atoms with Crippen molar-refractivity contribution in [3.05, 3.63) is 74.6 Å². The van der Waals surface area contributed by atoms with Crippen LogP contribution in [0.4, 0.5) is 16.4 Å². The van der Waals surface area contributed by atoms with Gasteiger partial charge in [0.15, 0.2) is 0 Å². The van der Waals surface area contributed by atoms with Gasteiger partial charge in [0.05, 0.1) is 5.56 Å². The molecular weight excluding hydrogens is 450 g/mol. The average Bonchev–Trinajstić information content (AvgIpc) is 3.47. The van der Waals surface area contributed by atoms with Crippen LogP contribution in [0, 0.1) is 6.92 Å². The van der Waals surface area contributed by atoms with Crippen LogP contribution in [0.5, 0.6) is 0 Å². The number of nitrogens with zero attached hydrogens (tertiary/aromatic N) is 2. The Kier molecular flexibility index (Phi) is 6.52. The van der Waals surface area contributed by atoms with Gasteiger partial charge in [-0.3, -0.25) is 4.79 Å². The Balaban J connectivity index is 1.42. The Morgan fingerprint density at radius 2 is 1.82 bits per heavy atom. The van der Waals surface area contributed by atoms with E-state index in [0.29, 0.717) is 5.02 Å². The van der Waals surface area contributed by atoms with Gasteiger partial charge in [0.1, 0.15) is 5.00 Å². The van der Waals surface area contributed by atoms with Crippen molar-refractivity contribution in [3.63, 3.8) is 0 Å². The Labute approximate surface area is 204 Å². The van der Waals surface area contributed by atoms with Gasteiger partial charge in [0, 0.05) is 40.6 Å². The van der Waals surface area contributed by atoms with Crippen LogP contribution in [0.15, 0.2) is 47.5 Å². The first kappa shape index (κ1) is 22.2. The van der Waals surface area contributed by atoms with Crippen molar-refractivity contribution in [1.82, 2.24) is 0 Å². The topological polar surface area (TPSA) is 44.7 Å². The van der Waals surface area contributed by atoms with Crippen molar-refractivity contribution in [2.45, 2.75) is 45.4 Å². The van der Waals surface area contributed by atoms with Crippen molar-refractivity contribution in [3.8, 4) is 0 Å². The number of rotatable bonds is 5. The van der Waals surface area contributed by atoms with Crippen LogP contribution >= 0.6 is 22.9 Å². The summed E-state index contributed by atoms with van der Waals surface area (Å²) in [6.45, 7) is 4.45. The molecule has 0 unspecified atom stereocenters. The van der Waals surface area contributed by atoms with E-state index in [1.54, 1.807) is 23.5 Å². The first-order chi connectivity index (χ1) is 16.1. The smallest absolute Gasteiger partial charge is 0.259 e. The van der Waals surface area contributed by atoms with Crippen LogP contribution in [-0.4, -0.2) is 25.2 Å². The monoisotopic (exact) mass is 477 g/mol. The maximum absolute atomic E-state index is 13.3. The molecule has 0 radical (unpaired) electrons. The lowest BCUT2D eigenvalue weighted by atomic mass is 9.95. The standard InChI is InChI=1S/C27H28ClN3OS/c1-18-16-19(8-13-23(18)31-14-4-5-15-31)17-29-27-25(22-6-2-3-7-24(22)33-27)26(32)30-21-11-9-20(28)10-12-21/h8-13,16-17H,2-7,14-15H2,1H3,(H,30,32). The maximum atomic E-state index is 13.3. The van der Waals surface area contributed by atoms with Crippen molar-refractivity contribution >= 4 is 51.4 Å². The van der Waals surface area contributed by atoms with Gasteiger partial charge in [-0.2, -0.15) is 0 Å². The predicted octanol–water partition coefficient (Wildman–Crippen LogP) is 7.19. The molecule has 1 N–H and O–H groups in total. The summed E-state index contributed by atoms with van der Waals surface area (Å²) in [7, 11) is 0. The molecule has 1 fully saturated rings. The van der Waals surface area contributed by atoms with Crippen LogP contribution in [0.1, 0.15) is 57.6 Å². The Morgan fingerprint density at radius 3 is 2.58 bits per heavy atom. The van der Waals surface area contributed by atoms with E-state index in [4.69, 9.17) is 16.6 Å². The lowest BCUT2D eigenvalue weighted by Crippen LogP contribution is -2.18. The van der Waals surface area contributed by atoms with E-state index < -0.39 is 0 Å². The summed E-state index contributed by atoms with van der Waals surface area (Å²) < 4.78 is 0. The highest BCUT2D eigenvalue weighted by Gasteiger charge is 2.25. The molecule has 1 aliphatic carbocycles. The number of aliphatic imine (C=N–C) groups is 1. The van der Waals surface area contributed by atoms with Gasteiger partial charge in [-0.15, -0.1) is 11.3 Å². The number of halogens is 1. The zero-order chi connectivity index (χ0) is 22.8. The normalized spacial score (nSPS) is 15.8. The summed E-state index contributed by atoms with van der Waals surface area (Å²) in [4.78, 5) is 21.9. The van der Waals surface area contributed by atoms with E-state index in [2.05, 4.69) is 35.3 Å². The van der Waals surface area contributed by atoms with Crippen molar-refractivity contribution in [2.75, 3.05) is 23.3 Å². The third kappa shape index (κ3) is 4.85. The number of fused-ring (bicyclic) bond motifs is 1. The van der Waals surface area contributed by atoms with Crippen LogP contribution < -0.4 is 10.2 Å². The molecule has 170 valence electrons.